The van der Waals surface area contributed by atoms with Crippen LogP contribution in [0.2, 0.25) is 18.4 Å². The molecule has 0 unspecified atom stereocenters. The number of aryl methyl sites for hydroxylation is 1. The van der Waals surface area contributed by atoms with Gasteiger partial charge in [0.2, 0.25) is 0 Å². The average molecular weight is 446 g/mol. The Morgan fingerprint density at radius 1 is 0.800 bits per heavy atom. The van der Waals surface area contributed by atoms with Gasteiger partial charge in [0.1, 0.15) is 0 Å². The third kappa shape index (κ3) is 11.1. The van der Waals surface area contributed by atoms with Crippen LogP contribution in [0.5, 0.6) is 0 Å². The van der Waals surface area contributed by atoms with E-state index >= 15 is 0 Å². The maximum atomic E-state index is 4.90. The Morgan fingerprint density at radius 2 is 1.28 bits per heavy atom. The Labute approximate surface area is 172 Å². The van der Waals surface area contributed by atoms with Gasteiger partial charge in [-0.25, -0.2) is 0 Å². The molecule has 0 fully saturated rings. The van der Waals surface area contributed by atoms with Gasteiger partial charge in [-0.05, 0) is 0 Å². The molecule has 1 aromatic heterocycles. The summed E-state index contributed by atoms with van der Waals surface area (Å²) in [7, 11) is 0. The van der Waals surface area contributed by atoms with E-state index in [1.807, 2.05) is 0 Å². The molecule has 0 bridgehead atoms. The zero-order valence-corrected chi connectivity index (χ0v) is 21.0. The first-order valence-corrected chi connectivity index (χ1v) is 18.5. The molecule has 0 saturated heterocycles. The van der Waals surface area contributed by atoms with Crippen molar-refractivity contribution >= 4 is 39.8 Å². The zero-order chi connectivity index (χ0) is 19.0. The van der Waals surface area contributed by atoms with Crippen LogP contribution in [0.15, 0.2) is 18.3 Å². The molecule has 0 aliphatic carbocycles. The van der Waals surface area contributed by atoms with E-state index in [0.717, 1.165) is 0 Å². The number of nitrogens with zero attached hydrogens (tertiary/aromatic N) is 1. The van der Waals surface area contributed by atoms with E-state index < -0.39 is 18.4 Å². The van der Waals surface area contributed by atoms with Gasteiger partial charge in [-0.3, -0.25) is 0 Å². The minimum absolute atomic E-state index is 1.30. The van der Waals surface area contributed by atoms with Crippen molar-refractivity contribution in [2.45, 2.75) is 104 Å². The number of hydrogen-bond acceptors (Lipinski definition) is 1. The number of hydrogen-bond donors (Lipinski definition) is 0. The average Bonchev–Trinajstić information content (AvgIpc) is 2.63. The summed E-state index contributed by atoms with van der Waals surface area (Å²) < 4.78 is 6.10. The molecule has 25 heavy (non-hydrogen) atoms. The van der Waals surface area contributed by atoms with Crippen LogP contribution in [-0.4, -0.2) is 41.1 Å². The standard InChI is InChI=1S/C6H6N.4C4H9.Li.Sn/c1-6-3-2-4-7-5-6;4*1-3-4-2;;/h2-3,5H,1H3;4*1,3-4H2,2H3;;. The van der Waals surface area contributed by atoms with Crippen LogP contribution in [0, 0.1) is 6.92 Å². The topological polar surface area (TPSA) is 12.9 Å². The molecule has 1 rings (SSSR count). The minimum atomic E-state index is -2.24. The van der Waals surface area contributed by atoms with Crippen molar-refractivity contribution in [3.63, 3.8) is 0 Å². The molecule has 3 heteroatoms. The summed E-state index contributed by atoms with van der Waals surface area (Å²) in [5, 5.41) is 1.34. The van der Waals surface area contributed by atoms with Gasteiger partial charge in [0.25, 0.3) is 0 Å². The van der Waals surface area contributed by atoms with Gasteiger partial charge in [0, 0.05) is 0 Å². The molecule has 1 nitrogen and oxygen atoms in total. The molecule has 0 amide bonds. The third-order valence-corrected chi connectivity index (χ3v) is 20.4. The molecule has 0 N–H and O–H groups in total. The molecule has 0 aliphatic heterocycles. The van der Waals surface area contributed by atoms with Crippen LogP contribution in [0.1, 0.15) is 84.6 Å². The van der Waals surface area contributed by atoms with Crippen LogP contribution in [-0.2, 0) is 0 Å². The van der Waals surface area contributed by atoms with Gasteiger partial charge in [0.05, 0.1) is 0 Å². The van der Waals surface area contributed by atoms with Gasteiger partial charge < -0.3 is 0 Å². The van der Waals surface area contributed by atoms with E-state index in [4.69, 9.17) is 4.98 Å². The first-order valence-electron chi connectivity index (χ1n) is 11.0. The Bertz CT molecular complexity index is 381. The van der Waals surface area contributed by atoms with Gasteiger partial charge in [-0.1, -0.05) is 0 Å². The van der Waals surface area contributed by atoms with Gasteiger partial charge in [0.15, 0.2) is 0 Å². The Kier molecular flexibility index (Phi) is 17.1. The Morgan fingerprint density at radius 3 is 1.56 bits per heavy atom. The Hall–Kier alpha value is 0.546. The second-order valence-electron chi connectivity index (χ2n) is 7.67. The molecule has 0 spiro atoms. The van der Waals surface area contributed by atoms with Gasteiger partial charge in [-0.2, -0.15) is 0 Å². The summed E-state index contributed by atoms with van der Waals surface area (Å²) in [5.74, 6) is 0. The first-order chi connectivity index (χ1) is 12.1. The summed E-state index contributed by atoms with van der Waals surface area (Å²) in [6.45, 7) is 11.4. The van der Waals surface area contributed by atoms with Crippen LogP contribution in [0.25, 0.3) is 0 Å². The normalized spacial score (nSPS) is 11.2. The molecular weight excluding hydrogens is 404 g/mol. The monoisotopic (exact) mass is 447 g/mol. The van der Waals surface area contributed by atoms with Crippen LogP contribution < -0.4 is 3.71 Å². The number of rotatable bonds is 12. The van der Waals surface area contributed by atoms with E-state index in [0.29, 0.717) is 0 Å². The fraction of sp³-hybridized carbons (Fsp3) is 0.773. The van der Waals surface area contributed by atoms with Crippen molar-refractivity contribution in [1.29, 1.82) is 0 Å². The summed E-state index contributed by atoms with van der Waals surface area (Å²) in [6, 6.07) is 4.67. The van der Waals surface area contributed by atoms with Gasteiger partial charge in [-0.15, -0.1) is 0 Å². The molecular formula is C22H42LiNSn. The fourth-order valence-corrected chi connectivity index (χ4v) is 18.8. The number of aromatic nitrogens is 1. The second kappa shape index (κ2) is 16.7. The molecule has 140 valence electrons. The van der Waals surface area contributed by atoms with Crippen LogP contribution in [0.3, 0.4) is 0 Å². The molecule has 0 radical (unpaired) electrons. The number of unbranched alkanes of at least 4 members (excludes halogenated alkanes) is 4. The van der Waals surface area contributed by atoms with Crippen molar-refractivity contribution in [1.82, 2.24) is 4.98 Å². The van der Waals surface area contributed by atoms with Crippen LogP contribution in [0.4, 0.5) is 0 Å². The predicted octanol–water partition coefficient (Wildman–Crippen LogP) is 6.82. The predicted molar refractivity (Wildman–Crippen MR) is 119 cm³/mol. The van der Waals surface area contributed by atoms with E-state index in [9.17, 15) is 0 Å². The molecule has 1 heterocycles. The fourth-order valence-electron chi connectivity index (χ4n) is 3.44. The summed E-state index contributed by atoms with van der Waals surface area (Å²) in [6.07, 6.45) is 13.1. The van der Waals surface area contributed by atoms with E-state index in [2.05, 4.69) is 70.7 Å². The molecule has 1 aromatic rings. The molecule has 0 aliphatic rings. The van der Waals surface area contributed by atoms with Crippen molar-refractivity contribution in [2.24, 2.45) is 0 Å². The SMILES string of the molecule is CCC[CH2][Sn]([CH2]CCC)([CH2]CCC)[c]1ccc(C)cn1.[Li][CH2]CCC. The maximum absolute atomic E-state index is 4.90. The molecule has 0 atom stereocenters. The number of pyridine rings is 1. The second-order valence-corrected chi connectivity index (χ2v) is 20.7. The third-order valence-electron chi connectivity index (χ3n) is 5.19. The van der Waals surface area contributed by atoms with E-state index in [-0.39, 0.29) is 0 Å². The summed E-state index contributed by atoms with van der Waals surface area (Å²) in [4.78, 5) is 4.90. The van der Waals surface area contributed by atoms with Crippen LogP contribution >= 0.6 is 0 Å². The first kappa shape index (κ1) is 25.5. The Balaban J connectivity index is 0.00000101. The van der Waals surface area contributed by atoms with Crippen molar-refractivity contribution in [2.75, 3.05) is 0 Å². The van der Waals surface area contributed by atoms with E-state index in [1.165, 1.54) is 75.3 Å². The quantitative estimate of drug-likeness (QED) is 0.321. The van der Waals surface area contributed by atoms with Crippen molar-refractivity contribution < 1.29 is 0 Å². The van der Waals surface area contributed by atoms with E-state index in [1.54, 1.807) is 3.71 Å². The molecule has 0 aromatic carbocycles. The van der Waals surface area contributed by atoms with Gasteiger partial charge >= 0.3 is 173 Å². The summed E-state index contributed by atoms with van der Waals surface area (Å²) >= 11 is -0.0260. The molecule has 0 saturated carbocycles. The van der Waals surface area contributed by atoms with Crippen molar-refractivity contribution in [3.8, 4) is 0 Å². The van der Waals surface area contributed by atoms with Crippen molar-refractivity contribution in [3.05, 3.63) is 23.9 Å². The zero-order valence-electron chi connectivity index (χ0n) is 18.2. The summed E-state index contributed by atoms with van der Waals surface area (Å²) in [5.41, 5.74) is 1.30.